The number of nitrogens with two attached hydrogens (primary N) is 1. The van der Waals surface area contributed by atoms with Gasteiger partial charge in [-0.15, -0.1) is 5.10 Å². The minimum absolute atomic E-state index is 0.511. The summed E-state index contributed by atoms with van der Waals surface area (Å²) in [5, 5.41) is 13.3. The molecule has 1 unspecified atom stereocenters. The molecule has 1 aromatic heterocycles. The van der Waals surface area contributed by atoms with Gasteiger partial charge in [0.2, 0.25) is 0 Å². The first kappa shape index (κ1) is 9.15. The lowest BCUT2D eigenvalue weighted by molar-refractivity contribution is 0.519. The maximum Gasteiger partial charge on any atom is 0.0962 e. The summed E-state index contributed by atoms with van der Waals surface area (Å²) in [5.41, 5.74) is 6.39. The van der Waals surface area contributed by atoms with Gasteiger partial charge in [0.1, 0.15) is 0 Å². The zero-order chi connectivity index (χ0) is 8.81. The van der Waals surface area contributed by atoms with E-state index in [1.807, 2.05) is 0 Å². The van der Waals surface area contributed by atoms with Gasteiger partial charge >= 0.3 is 0 Å². The summed E-state index contributed by atoms with van der Waals surface area (Å²) in [7, 11) is 0. The third kappa shape index (κ3) is 2.98. The van der Waals surface area contributed by atoms with Crippen LogP contribution < -0.4 is 11.1 Å². The Kier molecular flexibility index (Phi) is 3.69. The SMILES string of the molecule is CC(CN)CNCc1c[nH]nn1. The molecular formula is C7H15N5. The number of rotatable bonds is 5. The molecule has 0 fully saturated rings. The molecule has 4 N–H and O–H groups in total. The van der Waals surface area contributed by atoms with Gasteiger partial charge in [-0.1, -0.05) is 12.1 Å². The molecule has 0 amide bonds. The van der Waals surface area contributed by atoms with Crippen molar-refractivity contribution in [2.75, 3.05) is 13.1 Å². The van der Waals surface area contributed by atoms with E-state index in [2.05, 4.69) is 27.7 Å². The van der Waals surface area contributed by atoms with Crippen LogP contribution in [0.25, 0.3) is 0 Å². The Bertz CT molecular complexity index is 196. The summed E-state index contributed by atoms with van der Waals surface area (Å²) < 4.78 is 0. The van der Waals surface area contributed by atoms with Crippen molar-refractivity contribution in [2.45, 2.75) is 13.5 Å². The topological polar surface area (TPSA) is 79.6 Å². The number of aromatic amines is 1. The normalized spacial score (nSPS) is 13.2. The molecule has 0 saturated carbocycles. The summed E-state index contributed by atoms with van der Waals surface area (Å²) in [6.07, 6.45) is 1.78. The largest absolute Gasteiger partial charge is 0.330 e. The lowest BCUT2D eigenvalue weighted by Gasteiger charge is -2.07. The summed E-state index contributed by atoms with van der Waals surface area (Å²) in [4.78, 5) is 0. The predicted octanol–water partition coefficient (Wildman–Crippen LogP) is -0.511. The van der Waals surface area contributed by atoms with Gasteiger partial charge in [0, 0.05) is 12.7 Å². The Morgan fingerprint density at radius 1 is 1.75 bits per heavy atom. The van der Waals surface area contributed by atoms with Crippen LogP contribution in [-0.2, 0) is 6.54 Å². The number of nitrogens with one attached hydrogen (secondary N) is 2. The number of hydrogen-bond donors (Lipinski definition) is 3. The Balaban J connectivity index is 2.11. The summed E-state index contributed by atoms with van der Waals surface area (Å²) in [6, 6.07) is 0. The molecule has 0 aliphatic carbocycles. The number of H-pyrrole nitrogens is 1. The molecule has 5 nitrogen and oxygen atoms in total. The van der Waals surface area contributed by atoms with E-state index in [1.165, 1.54) is 0 Å². The zero-order valence-corrected chi connectivity index (χ0v) is 7.25. The molecule has 0 aliphatic heterocycles. The number of hydrogen-bond acceptors (Lipinski definition) is 4. The van der Waals surface area contributed by atoms with Gasteiger partial charge in [0.25, 0.3) is 0 Å². The van der Waals surface area contributed by atoms with Crippen molar-refractivity contribution in [3.63, 3.8) is 0 Å². The van der Waals surface area contributed by atoms with Crippen LogP contribution in [0.5, 0.6) is 0 Å². The first-order valence-corrected chi connectivity index (χ1v) is 4.09. The highest BCUT2D eigenvalue weighted by Gasteiger charge is 1.99. The Morgan fingerprint density at radius 2 is 2.58 bits per heavy atom. The monoisotopic (exact) mass is 169 g/mol. The molecule has 68 valence electrons. The Hall–Kier alpha value is -0.940. The molecule has 1 rings (SSSR count). The molecular weight excluding hydrogens is 154 g/mol. The standard InChI is InChI=1S/C7H15N5/c1-6(2-8)3-9-4-7-5-10-12-11-7/h5-6,9H,2-4,8H2,1H3,(H,10,11,12). The highest BCUT2D eigenvalue weighted by atomic mass is 15.3. The van der Waals surface area contributed by atoms with Crippen molar-refractivity contribution in [1.82, 2.24) is 20.7 Å². The average molecular weight is 169 g/mol. The second-order valence-corrected chi connectivity index (χ2v) is 2.94. The van der Waals surface area contributed by atoms with Crippen molar-refractivity contribution in [1.29, 1.82) is 0 Å². The van der Waals surface area contributed by atoms with Gasteiger partial charge in [0.05, 0.1) is 5.69 Å². The number of nitrogens with zero attached hydrogens (tertiary/aromatic N) is 2. The van der Waals surface area contributed by atoms with Crippen molar-refractivity contribution in [3.05, 3.63) is 11.9 Å². The quantitative estimate of drug-likeness (QED) is 0.554. The summed E-state index contributed by atoms with van der Waals surface area (Å²) in [6.45, 7) is 4.49. The average Bonchev–Trinajstić information content (AvgIpc) is 2.57. The van der Waals surface area contributed by atoms with E-state index in [1.54, 1.807) is 6.20 Å². The molecule has 1 heterocycles. The van der Waals surface area contributed by atoms with E-state index in [-0.39, 0.29) is 0 Å². The fourth-order valence-electron chi connectivity index (χ4n) is 0.842. The van der Waals surface area contributed by atoms with Crippen molar-refractivity contribution in [3.8, 4) is 0 Å². The maximum absolute atomic E-state index is 5.46. The Labute approximate surface area is 71.7 Å². The first-order chi connectivity index (χ1) is 5.83. The van der Waals surface area contributed by atoms with E-state index < -0.39 is 0 Å². The van der Waals surface area contributed by atoms with E-state index in [0.717, 1.165) is 18.8 Å². The van der Waals surface area contributed by atoms with E-state index in [4.69, 9.17) is 5.73 Å². The maximum atomic E-state index is 5.46. The van der Waals surface area contributed by atoms with Crippen LogP contribution in [-0.4, -0.2) is 28.5 Å². The third-order valence-corrected chi connectivity index (χ3v) is 1.67. The fraction of sp³-hybridized carbons (Fsp3) is 0.714. The van der Waals surface area contributed by atoms with Crippen LogP contribution >= 0.6 is 0 Å². The third-order valence-electron chi connectivity index (χ3n) is 1.67. The fourth-order valence-corrected chi connectivity index (χ4v) is 0.842. The highest BCUT2D eigenvalue weighted by Crippen LogP contribution is 1.90. The zero-order valence-electron chi connectivity index (χ0n) is 7.25. The van der Waals surface area contributed by atoms with Crippen molar-refractivity contribution in [2.24, 2.45) is 11.7 Å². The summed E-state index contributed by atoms with van der Waals surface area (Å²) in [5.74, 6) is 0.511. The van der Waals surface area contributed by atoms with E-state index in [0.29, 0.717) is 12.5 Å². The second-order valence-electron chi connectivity index (χ2n) is 2.94. The lowest BCUT2D eigenvalue weighted by Crippen LogP contribution is -2.25. The van der Waals surface area contributed by atoms with E-state index in [9.17, 15) is 0 Å². The van der Waals surface area contributed by atoms with Crippen LogP contribution in [0.4, 0.5) is 0 Å². The predicted molar refractivity (Wildman–Crippen MR) is 46.3 cm³/mol. The van der Waals surface area contributed by atoms with E-state index >= 15 is 0 Å². The first-order valence-electron chi connectivity index (χ1n) is 4.09. The van der Waals surface area contributed by atoms with Crippen LogP contribution in [0.15, 0.2) is 6.20 Å². The molecule has 0 spiro atoms. The van der Waals surface area contributed by atoms with Crippen molar-refractivity contribution >= 4 is 0 Å². The molecule has 0 saturated heterocycles. The number of aromatic nitrogens is 3. The molecule has 12 heavy (non-hydrogen) atoms. The van der Waals surface area contributed by atoms with Gasteiger partial charge in [-0.3, -0.25) is 5.10 Å². The minimum Gasteiger partial charge on any atom is -0.330 e. The highest BCUT2D eigenvalue weighted by molar-refractivity contribution is 4.89. The molecule has 0 aromatic carbocycles. The Morgan fingerprint density at radius 3 is 3.17 bits per heavy atom. The molecule has 1 atom stereocenters. The second kappa shape index (κ2) is 4.84. The summed E-state index contributed by atoms with van der Waals surface area (Å²) >= 11 is 0. The lowest BCUT2D eigenvalue weighted by atomic mass is 10.2. The van der Waals surface area contributed by atoms with Crippen LogP contribution in [0.2, 0.25) is 0 Å². The van der Waals surface area contributed by atoms with Gasteiger partial charge in [-0.2, -0.15) is 0 Å². The minimum atomic E-state index is 0.511. The molecule has 5 heteroatoms. The van der Waals surface area contributed by atoms with Crippen LogP contribution in [0.1, 0.15) is 12.6 Å². The van der Waals surface area contributed by atoms with Crippen LogP contribution in [0.3, 0.4) is 0 Å². The van der Waals surface area contributed by atoms with Gasteiger partial charge < -0.3 is 11.1 Å². The molecule has 0 radical (unpaired) electrons. The van der Waals surface area contributed by atoms with Crippen molar-refractivity contribution < 1.29 is 0 Å². The van der Waals surface area contributed by atoms with Gasteiger partial charge in [0.15, 0.2) is 0 Å². The molecule has 0 bridgehead atoms. The van der Waals surface area contributed by atoms with Crippen LogP contribution in [0, 0.1) is 5.92 Å². The smallest absolute Gasteiger partial charge is 0.0962 e. The molecule has 1 aromatic rings. The van der Waals surface area contributed by atoms with Gasteiger partial charge in [-0.05, 0) is 19.0 Å². The molecule has 0 aliphatic rings. The van der Waals surface area contributed by atoms with Gasteiger partial charge in [-0.25, -0.2) is 0 Å².